The summed E-state index contributed by atoms with van der Waals surface area (Å²) < 4.78 is 3.48. The molecule has 10 nitrogen and oxygen atoms in total. The highest BCUT2D eigenvalue weighted by Crippen LogP contribution is 2.34. The zero-order chi connectivity index (χ0) is 13.9. The van der Waals surface area contributed by atoms with Crippen molar-refractivity contribution in [2.75, 3.05) is 6.54 Å². The van der Waals surface area contributed by atoms with Gasteiger partial charge in [0.15, 0.2) is 5.82 Å². The van der Waals surface area contributed by atoms with Crippen LogP contribution in [0.1, 0.15) is 30.4 Å². The van der Waals surface area contributed by atoms with Crippen LogP contribution in [-0.4, -0.2) is 47.7 Å². The topological polar surface area (TPSA) is 129 Å². The lowest BCUT2D eigenvalue weighted by Crippen LogP contribution is -2.29. The van der Waals surface area contributed by atoms with E-state index >= 15 is 0 Å². The molecule has 0 aromatic carbocycles. The summed E-state index contributed by atoms with van der Waals surface area (Å²) in [4.78, 5) is 11.1. The number of carbonyl (C=O) groups is 1. The van der Waals surface area contributed by atoms with Gasteiger partial charge in [0.25, 0.3) is 0 Å². The monoisotopic (exact) mass is 277 g/mol. The van der Waals surface area contributed by atoms with Crippen LogP contribution in [0.2, 0.25) is 0 Å². The Morgan fingerprint density at radius 3 is 3.00 bits per heavy atom. The van der Waals surface area contributed by atoms with Gasteiger partial charge in [0.05, 0.1) is 25.3 Å². The van der Waals surface area contributed by atoms with Crippen LogP contribution in [0.4, 0.5) is 0 Å². The van der Waals surface area contributed by atoms with E-state index in [0.717, 1.165) is 18.7 Å². The first-order valence-electron chi connectivity index (χ1n) is 6.39. The second kappa shape index (κ2) is 5.33. The molecule has 2 heterocycles. The van der Waals surface area contributed by atoms with Gasteiger partial charge in [0.1, 0.15) is 12.2 Å². The molecule has 1 amide bonds. The molecule has 106 valence electrons. The van der Waals surface area contributed by atoms with E-state index in [4.69, 9.17) is 5.73 Å². The highest BCUT2D eigenvalue weighted by atomic mass is 16.1. The fraction of sp³-hybridized carbons (Fsp3) is 0.600. The highest BCUT2D eigenvalue weighted by molar-refractivity contribution is 5.77. The normalized spacial score (nSPS) is 14.4. The summed E-state index contributed by atoms with van der Waals surface area (Å²) in [5, 5.41) is 22.3. The molecule has 10 heteroatoms. The van der Waals surface area contributed by atoms with Crippen LogP contribution >= 0.6 is 0 Å². The summed E-state index contributed by atoms with van der Waals surface area (Å²) in [7, 11) is 0. The van der Waals surface area contributed by atoms with E-state index in [9.17, 15) is 4.79 Å². The van der Waals surface area contributed by atoms with Crippen LogP contribution in [-0.2, 0) is 17.9 Å². The van der Waals surface area contributed by atoms with Gasteiger partial charge in [-0.15, -0.1) is 10.2 Å². The maximum atomic E-state index is 11.1. The molecule has 20 heavy (non-hydrogen) atoms. The lowest BCUT2D eigenvalue weighted by atomic mass is 10.4. The van der Waals surface area contributed by atoms with Gasteiger partial charge in [0, 0.05) is 0 Å². The minimum absolute atomic E-state index is 0.0374. The average Bonchev–Trinajstić information content (AvgIpc) is 3.03. The van der Waals surface area contributed by atoms with Crippen LogP contribution in [0.3, 0.4) is 0 Å². The number of tetrazole rings is 1. The molecule has 1 aliphatic carbocycles. The highest BCUT2D eigenvalue weighted by Gasteiger charge is 2.27. The smallest absolute Gasteiger partial charge is 0.234 e. The summed E-state index contributed by atoms with van der Waals surface area (Å²) >= 11 is 0. The summed E-state index contributed by atoms with van der Waals surface area (Å²) in [5.74, 6) is 0.534. The molecule has 0 spiro atoms. The molecule has 0 saturated heterocycles. The van der Waals surface area contributed by atoms with E-state index in [2.05, 4.69) is 31.2 Å². The fourth-order valence-corrected chi connectivity index (χ4v) is 1.82. The van der Waals surface area contributed by atoms with E-state index in [1.54, 1.807) is 10.9 Å². The molecule has 0 unspecified atom stereocenters. The first kappa shape index (κ1) is 12.7. The molecular weight excluding hydrogens is 262 g/mol. The number of nitrogens with two attached hydrogens (primary N) is 1. The van der Waals surface area contributed by atoms with E-state index in [1.807, 2.05) is 4.68 Å². The van der Waals surface area contributed by atoms with Gasteiger partial charge >= 0.3 is 0 Å². The van der Waals surface area contributed by atoms with Gasteiger partial charge in [-0.3, -0.25) is 4.79 Å². The van der Waals surface area contributed by atoms with E-state index in [-0.39, 0.29) is 12.5 Å². The molecule has 0 bridgehead atoms. The Morgan fingerprint density at radius 1 is 1.40 bits per heavy atom. The molecule has 3 rings (SSSR count). The predicted molar refractivity (Wildman–Crippen MR) is 66.1 cm³/mol. The van der Waals surface area contributed by atoms with Crippen LogP contribution in [0.15, 0.2) is 6.20 Å². The molecule has 2 aromatic heterocycles. The minimum atomic E-state index is -0.225. The van der Waals surface area contributed by atoms with Crippen molar-refractivity contribution < 1.29 is 4.79 Å². The second-order valence-electron chi connectivity index (χ2n) is 4.66. The Morgan fingerprint density at radius 2 is 2.25 bits per heavy atom. The lowest BCUT2D eigenvalue weighted by molar-refractivity contribution is -0.119. The van der Waals surface area contributed by atoms with E-state index in [1.165, 1.54) is 0 Å². The molecule has 1 saturated carbocycles. The number of hydrogen-bond donors (Lipinski definition) is 2. The number of nitrogens with zero attached hydrogens (tertiary/aromatic N) is 7. The van der Waals surface area contributed by atoms with Crippen molar-refractivity contribution in [2.24, 2.45) is 5.73 Å². The van der Waals surface area contributed by atoms with Crippen LogP contribution in [0.25, 0.3) is 0 Å². The number of aromatic nitrogens is 7. The molecule has 0 radical (unpaired) electrons. The molecule has 1 aliphatic rings. The predicted octanol–water partition coefficient (Wildman–Crippen LogP) is -1.78. The van der Waals surface area contributed by atoms with E-state index < -0.39 is 0 Å². The van der Waals surface area contributed by atoms with Crippen LogP contribution in [0.5, 0.6) is 0 Å². The number of amides is 1. The zero-order valence-corrected chi connectivity index (χ0v) is 10.8. The first-order chi connectivity index (χ1) is 9.76. The molecule has 3 N–H and O–H groups in total. The van der Waals surface area contributed by atoms with Crippen molar-refractivity contribution in [2.45, 2.75) is 32.0 Å². The van der Waals surface area contributed by atoms with Gasteiger partial charge < -0.3 is 11.1 Å². The van der Waals surface area contributed by atoms with Crippen LogP contribution < -0.4 is 11.1 Å². The first-order valence-corrected chi connectivity index (χ1v) is 6.39. The Hall–Kier alpha value is -2.36. The third kappa shape index (κ3) is 2.79. The van der Waals surface area contributed by atoms with Crippen molar-refractivity contribution in [3.63, 3.8) is 0 Å². The van der Waals surface area contributed by atoms with E-state index in [0.29, 0.717) is 24.8 Å². The summed E-state index contributed by atoms with van der Waals surface area (Å²) in [6.07, 6.45) is 3.99. The van der Waals surface area contributed by atoms with Gasteiger partial charge in [-0.05, 0) is 23.3 Å². The van der Waals surface area contributed by atoms with Crippen molar-refractivity contribution in [1.29, 1.82) is 0 Å². The summed E-state index contributed by atoms with van der Waals surface area (Å²) in [6.45, 7) is 0.731. The van der Waals surface area contributed by atoms with Crippen molar-refractivity contribution >= 4 is 5.91 Å². The number of rotatable bonds is 6. The van der Waals surface area contributed by atoms with Crippen molar-refractivity contribution in [1.82, 2.24) is 40.5 Å². The average molecular weight is 277 g/mol. The lowest BCUT2D eigenvalue weighted by Gasteiger charge is -2.01. The maximum Gasteiger partial charge on any atom is 0.234 e. The SMILES string of the molecule is NCC(=O)NCc1cn(Cc2nnnn2C2CC2)nn1. The van der Waals surface area contributed by atoms with Crippen LogP contribution in [0, 0.1) is 0 Å². The standard InChI is InChI=1S/C10H15N9O/c11-3-10(20)12-4-7-5-18(16-13-7)6-9-14-15-17-19(9)8-1-2-8/h5,8H,1-4,6,11H2,(H,12,20). The van der Waals surface area contributed by atoms with Crippen molar-refractivity contribution in [3.8, 4) is 0 Å². The van der Waals surface area contributed by atoms with Gasteiger partial charge in [0.2, 0.25) is 5.91 Å². The number of carbonyl (C=O) groups excluding carboxylic acids is 1. The largest absolute Gasteiger partial charge is 0.349 e. The Labute approximate surface area is 114 Å². The van der Waals surface area contributed by atoms with Gasteiger partial charge in [-0.2, -0.15) is 0 Å². The Bertz CT molecular complexity index is 599. The molecule has 2 aromatic rings. The third-order valence-corrected chi connectivity index (χ3v) is 3.00. The molecular formula is C10H15N9O. The van der Waals surface area contributed by atoms with Gasteiger partial charge in [-0.25, -0.2) is 9.36 Å². The summed E-state index contributed by atoms with van der Waals surface area (Å²) in [6, 6.07) is 0.423. The molecule has 0 atom stereocenters. The molecule has 1 fully saturated rings. The number of nitrogens with one attached hydrogen (secondary N) is 1. The quantitative estimate of drug-likeness (QED) is 0.638. The zero-order valence-electron chi connectivity index (χ0n) is 10.8. The third-order valence-electron chi connectivity index (χ3n) is 3.00. The minimum Gasteiger partial charge on any atom is -0.349 e. The maximum absolute atomic E-state index is 11.1. The summed E-state index contributed by atoms with van der Waals surface area (Å²) in [5.41, 5.74) is 5.87. The fourth-order valence-electron chi connectivity index (χ4n) is 1.82. The molecule has 0 aliphatic heterocycles. The number of hydrogen-bond acceptors (Lipinski definition) is 7. The Balaban J connectivity index is 1.62. The Kier molecular flexibility index (Phi) is 3.37. The second-order valence-corrected chi connectivity index (χ2v) is 4.66. The van der Waals surface area contributed by atoms with Gasteiger partial charge in [-0.1, -0.05) is 5.21 Å². The van der Waals surface area contributed by atoms with Crippen molar-refractivity contribution in [3.05, 3.63) is 17.7 Å².